The Bertz CT molecular complexity index is 335. The van der Waals surface area contributed by atoms with Gasteiger partial charge in [-0.05, 0) is 6.42 Å². The van der Waals surface area contributed by atoms with Crippen LogP contribution in [-0.2, 0) is 9.36 Å². The minimum Gasteiger partial charge on any atom is -0.822 e. The summed E-state index contributed by atoms with van der Waals surface area (Å²) in [7, 11) is -5.39. The van der Waals surface area contributed by atoms with E-state index in [1.165, 1.54) is 83.5 Å². The average Bonchev–Trinajstić information content (AvgIpc) is 2.49. The molecule has 0 unspecified atom stereocenters. The number of rotatable bonds is 16. The second-order valence-electron chi connectivity index (χ2n) is 6.54. The van der Waals surface area contributed by atoms with Crippen LogP contribution in [0.15, 0.2) is 0 Å². The summed E-state index contributed by atoms with van der Waals surface area (Å²) in [4.78, 5) is 36.0. The fourth-order valence-electron chi connectivity index (χ4n) is 2.65. The van der Waals surface area contributed by atoms with Gasteiger partial charge in [0, 0.05) is 6.42 Å². The number of hydrogen-bond acceptors (Lipinski definition) is 5. The molecule has 0 bridgehead atoms. The van der Waals surface area contributed by atoms with Crippen LogP contribution in [0.2, 0.25) is 0 Å². The first-order valence-electron chi connectivity index (χ1n) is 9.72. The Morgan fingerprint density at radius 1 is 0.643 bits per heavy atom. The number of phosphoric acid groups is 1. The summed E-state index contributed by atoms with van der Waals surface area (Å²) in [5, 5.41) is 8.52. The van der Waals surface area contributed by atoms with Crippen LogP contribution in [0, 0.1) is 0 Å². The molecule has 0 saturated heterocycles. The quantitative estimate of drug-likeness (QED) is 0.129. The van der Waals surface area contributed by atoms with Crippen molar-refractivity contribution in [3.63, 3.8) is 0 Å². The van der Waals surface area contributed by atoms with Crippen molar-refractivity contribution < 1.29 is 183 Å². The molecule has 0 aromatic heterocycles. The summed E-state index contributed by atoms with van der Waals surface area (Å²) in [5.41, 5.74) is 0. The molecule has 0 aromatic rings. The Morgan fingerprint density at radius 2 is 0.857 bits per heavy atom. The zero-order valence-corrected chi connectivity index (χ0v) is 29.0. The van der Waals surface area contributed by atoms with Gasteiger partial charge in [-0.2, -0.15) is 7.82 Å². The Hall–Kier alpha value is 4.49. The Kier molecular flexibility index (Phi) is 51.3. The number of aliphatic carboxylic acids is 1. The van der Waals surface area contributed by atoms with Crippen LogP contribution < -0.4 is 169 Å². The van der Waals surface area contributed by atoms with Crippen LogP contribution in [0.25, 0.3) is 0 Å². The molecule has 0 amide bonds. The van der Waals surface area contributed by atoms with Gasteiger partial charge >= 0.3 is 160 Å². The fraction of sp³-hybridized carbons (Fsp3) is 0.944. The van der Waals surface area contributed by atoms with Crippen molar-refractivity contribution in [3.05, 3.63) is 0 Å². The smallest absolute Gasteiger partial charge is 0.822 e. The molecule has 0 saturated carbocycles. The maximum atomic E-state index is 10.3. The van der Waals surface area contributed by atoms with E-state index >= 15 is 0 Å². The second-order valence-corrected chi connectivity index (χ2v) is 7.44. The van der Waals surface area contributed by atoms with Crippen molar-refractivity contribution in [2.45, 2.75) is 110 Å². The van der Waals surface area contributed by atoms with Crippen LogP contribution in [0.1, 0.15) is 110 Å². The zero-order valence-electron chi connectivity index (χ0n) is 18.7. The Labute approximate surface area is 300 Å². The van der Waals surface area contributed by atoms with Gasteiger partial charge in [0.25, 0.3) is 0 Å². The maximum absolute atomic E-state index is 10.3. The monoisotopic (exact) mass is 496 g/mol. The van der Waals surface area contributed by atoms with Gasteiger partial charge in [-0.3, -0.25) is 4.79 Å². The summed E-state index contributed by atoms with van der Waals surface area (Å²) in [6, 6.07) is 0. The van der Waals surface area contributed by atoms with E-state index < -0.39 is 13.8 Å². The van der Waals surface area contributed by atoms with Crippen molar-refractivity contribution in [2.24, 2.45) is 0 Å². The van der Waals surface area contributed by atoms with Crippen LogP contribution in [0.3, 0.4) is 0 Å². The third-order valence-corrected chi connectivity index (χ3v) is 3.99. The van der Waals surface area contributed by atoms with E-state index in [1.807, 2.05) is 0 Å². The molecule has 0 atom stereocenters. The molecule has 0 aliphatic carbocycles. The first-order valence-corrected chi connectivity index (χ1v) is 11.2. The largest absolute Gasteiger partial charge is 1.00 e. The van der Waals surface area contributed by atoms with Gasteiger partial charge in [-0.15, -0.1) is 0 Å². The first kappa shape index (κ1) is 42.6. The summed E-state index contributed by atoms with van der Waals surface area (Å²) in [6.07, 6.45) is 20.2. The van der Waals surface area contributed by atoms with Crippen molar-refractivity contribution in [2.75, 3.05) is 0 Å². The van der Waals surface area contributed by atoms with Crippen molar-refractivity contribution in [1.82, 2.24) is 0 Å². The second kappa shape index (κ2) is 33.7. The number of unbranched alkanes of at least 4 members (excludes halogenated alkanes) is 14. The Morgan fingerprint density at radius 3 is 1.07 bits per heavy atom. The van der Waals surface area contributed by atoms with E-state index in [0.29, 0.717) is 6.42 Å². The van der Waals surface area contributed by atoms with E-state index in [9.17, 15) is 4.79 Å². The zero-order chi connectivity index (χ0) is 19.4. The van der Waals surface area contributed by atoms with Crippen molar-refractivity contribution in [3.8, 4) is 0 Å². The van der Waals surface area contributed by atoms with E-state index in [0.717, 1.165) is 12.8 Å². The van der Waals surface area contributed by atoms with Gasteiger partial charge in [0.1, 0.15) is 0 Å². The third-order valence-electron chi connectivity index (χ3n) is 3.99. The molecule has 0 aromatic carbocycles. The van der Waals surface area contributed by atoms with E-state index in [-0.39, 0.29) is 154 Å². The molecule has 0 aliphatic rings. The van der Waals surface area contributed by atoms with Gasteiger partial charge in [0.05, 0.1) is 0 Å². The molecule has 0 radical (unpaired) electrons. The van der Waals surface area contributed by atoms with Crippen molar-refractivity contribution in [1.29, 1.82) is 0 Å². The molecule has 0 rings (SSSR count). The van der Waals surface area contributed by atoms with Crippen LogP contribution in [0.4, 0.5) is 0 Å². The molecule has 28 heavy (non-hydrogen) atoms. The normalized spacial score (nSPS) is 9.86. The maximum Gasteiger partial charge on any atom is 1.00 e. The van der Waals surface area contributed by atoms with Gasteiger partial charge in [0.2, 0.25) is 0 Å². The minimum atomic E-state index is -5.39. The summed E-state index contributed by atoms with van der Waals surface area (Å²) in [6.45, 7) is 2.27. The molecule has 0 spiro atoms. The minimum absolute atomic E-state index is 0. The molecule has 0 heterocycles. The SMILES string of the molecule is CCCCCCCCCCCCCCCCCC(=O)O.O=P([O-])([O-])[O-].[K+].[K+].[K+]. The predicted octanol–water partition coefficient (Wildman–Crippen LogP) is -5.48. The average molecular weight is 497 g/mol. The molecule has 0 fully saturated rings. The third kappa shape index (κ3) is 57.4. The topological polar surface area (TPSA) is 124 Å². The standard InChI is InChI=1S/C18H36O2.3K.H3O4P/c1-2-3-4-5-6-7-8-9-10-11-12-13-14-15-16-17-18(19)20;;;;1-5(2,3)4/h2-17H2,1H3,(H,19,20);;;;(H3,1,2,3,4)/q;3*+1;/p-3. The molecular weight excluding hydrogens is 460 g/mol. The molecule has 6 nitrogen and oxygen atoms in total. The summed E-state index contributed by atoms with van der Waals surface area (Å²) < 4.78 is 8.55. The number of carboxylic acids is 1. The van der Waals surface area contributed by atoms with Crippen LogP contribution in [0.5, 0.6) is 0 Å². The van der Waals surface area contributed by atoms with E-state index in [1.54, 1.807) is 0 Å². The van der Waals surface area contributed by atoms with Crippen LogP contribution in [-0.4, -0.2) is 11.1 Å². The summed E-state index contributed by atoms with van der Waals surface area (Å²) >= 11 is 0. The predicted molar refractivity (Wildman–Crippen MR) is 94.8 cm³/mol. The number of hydrogen-bond donors (Lipinski definition) is 1. The Balaban J connectivity index is -0.000000195. The molecule has 0 aliphatic heterocycles. The molecule has 10 heteroatoms. The molecule has 152 valence electrons. The van der Waals surface area contributed by atoms with Gasteiger partial charge in [-0.25, -0.2) is 0 Å². The van der Waals surface area contributed by atoms with Gasteiger partial charge < -0.3 is 24.4 Å². The first-order chi connectivity index (χ1) is 11.8. The summed E-state index contributed by atoms with van der Waals surface area (Å²) in [5.74, 6) is -0.653. The van der Waals surface area contributed by atoms with E-state index in [4.69, 9.17) is 24.4 Å². The molecular formula is C18H36K3O6P. The van der Waals surface area contributed by atoms with Gasteiger partial charge in [-0.1, -0.05) is 96.8 Å². The van der Waals surface area contributed by atoms with Crippen molar-refractivity contribution >= 4 is 13.8 Å². The number of carbonyl (C=O) groups is 1. The number of carboxylic acid groups (broad SMARTS) is 1. The van der Waals surface area contributed by atoms with Crippen LogP contribution >= 0.6 is 7.82 Å². The van der Waals surface area contributed by atoms with Gasteiger partial charge in [0.15, 0.2) is 0 Å². The van der Waals surface area contributed by atoms with E-state index in [2.05, 4.69) is 6.92 Å². The molecule has 1 N–H and O–H groups in total. The fourth-order valence-corrected chi connectivity index (χ4v) is 2.65.